The van der Waals surface area contributed by atoms with E-state index in [1.165, 1.54) is 18.4 Å². The second-order valence-electron chi connectivity index (χ2n) is 3.41. The van der Waals surface area contributed by atoms with E-state index in [-0.39, 0.29) is 12.1 Å². The molecule has 0 unspecified atom stereocenters. The summed E-state index contributed by atoms with van der Waals surface area (Å²) < 4.78 is 17.9. The fraction of sp³-hybridized carbons (Fsp3) is 0.0909. The molecular weight excluding hydrogens is 225 g/mol. The molecule has 17 heavy (non-hydrogen) atoms. The van der Waals surface area contributed by atoms with Crippen LogP contribution in [0.5, 0.6) is 0 Å². The summed E-state index contributed by atoms with van der Waals surface area (Å²) in [5, 5.41) is 6.13. The number of rotatable bonds is 3. The highest BCUT2D eigenvalue weighted by Gasteiger charge is 2.12. The second kappa shape index (κ2) is 4.65. The first-order valence-electron chi connectivity index (χ1n) is 4.89. The van der Waals surface area contributed by atoms with Gasteiger partial charge in [0, 0.05) is 11.8 Å². The fourth-order valence-electron chi connectivity index (χ4n) is 1.31. The summed E-state index contributed by atoms with van der Waals surface area (Å²) in [5.41, 5.74) is 6.28. The van der Waals surface area contributed by atoms with E-state index < -0.39 is 11.7 Å². The number of nitrogens with two attached hydrogens (primary N) is 1. The van der Waals surface area contributed by atoms with E-state index >= 15 is 0 Å². The van der Waals surface area contributed by atoms with E-state index in [9.17, 15) is 9.18 Å². The smallest absolute Gasteiger partial charge is 0.254 e. The number of halogens is 1. The number of carbonyl (C=O) groups is 1. The number of hydrogen-bond acceptors (Lipinski definition) is 4. The van der Waals surface area contributed by atoms with Gasteiger partial charge in [-0.1, -0.05) is 5.16 Å². The first-order chi connectivity index (χ1) is 8.16. The van der Waals surface area contributed by atoms with Crippen molar-refractivity contribution >= 4 is 11.6 Å². The lowest BCUT2D eigenvalue weighted by molar-refractivity contribution is 0.0946. The maximum Gasteiger partial charge on any atom is 0.254 e. The van der Waals surface area contributed by atoms with Crippen LogP contribution in [0.2, 0.25) is 0 Å². The van der Waals surface area contributed by atoms with Gasteiger partial charge in [-0.25, -0.2) is 4.39 Å². The van der Waals surface area contributed by atoms with E-state index in [4.69, 9.17) is 5.73 Å². The molecule has 0 saturated heterocycles. The number of nitrogens with zero attached hydrogens (tertiary/aromatic N) is 1. The molecule has 1 amide bonds. The van der Waals surface area contributed by atoms with Crippen molar-refractivity contribution in [3.05, 3.63) is 47.6 Å². The Hall–Kier alpha value is -2.37. The van der Waals surface area contributed by atoms with Gasteiger partial charge in [-0.3, -0.25) is 4.79 Å². The first kappa shape index (κ1) is 11.1. The van der Waals surface area contributed by atoms with Crippen LogP contribution in [0.25, 0.3) is 0 Å². The van der Waals surface area contributed by atoms with E-state index in [0.29, 0.717) is 11.4 Å². The average Bonchev–Trinajstić information content (AvgIpc) is 2.82. The molecule has 0 atom stereocenters. The predicted molar refractivity (Wildman–Crippen MR) is 58.5 cm³/mol. The number of aromatic nitrogens is 1. The number of benzene rings is 1. The Labute approximate surface area is 96.4 Å². The van der Waals surface area contributed by atoms with Gasteiger partial charge in [0.2, 0.25) is 0 Å². The highest BCUT2D eigenvalue weighted by molar-refractivity contribution is 5.95. The zero-order valence-electron chi connectivity index (χ0n) is 8.81. The Morgan fingerprint density at radius 2 is 2.29 bits per heavy atom. The van der Waals surface area contributed by atoms with Gasteiger partial charge in [0.15, 0.2) is 0 Å². The van der Waals surface area contributed by atoms with Gasteiger partial charge in [-0.05, 0) is 18.2 Å². The zero-order chi connectivity index (χ0) is 12.3. The number of nitrogen functional groups attached to an aromatic ring is 1. The number of carbonyl (C=O) groups excluding carboxylic acids is 1. The SMILES string of the molecule is Nc1ccc(F)c(C(=O)NCc2ccon2)c1. The van der Waals surface area contributed by atoms with Crippen molar-refractivity contribution in [2.24, 2.45) is 0 Å². The molecule has 0 fully saturated rings. The van der Waals surface area contributed by atoms with Crippen LogP contribution in [0.3, 0.4) is 0 Å². The standard InChI is InChI=1S/C11H10FN3O2/c12-10-2-1-7(13)5-9(10)11(16)14-6-8-3-4-17-15-8/h1-5H,6,13H2,(H,14,16). The Morgan fingerprint density at radius 3 is 3.00 bits per heavy atom. The quantitative estimate of drug-likeness (QED) is 0.786. The van der Waals surface area contributed by atoms with Gasteiger partial charge in [0.25, 0.3) is 5.91 Å². The molecule has 0 spiro atoms. The molecule has 1 aromatic heterocycles. The molecule has 2 aromatic rings. The Bertz CT molecular complexity index is 526. The van der Waals surface area contributed by atoms with Crippen LogP contribution in [0.15, 0.2) is 35.1 Å². The number of nitrogens with one attached hydrogen (secondary N) is 1. The molecule has 0 bridgehead atoms. The topological polar surface area (TPSA) is 81.2 Å². The molecule has 2 rings (SSSR count). The average molecular weight is 235 g/mol. The highest BCUT2D eigenvalue weighted by atomic mass is 19.1. The Kier molecular flexibility index (Phi) is 3.04. The summed E-state index contributed by atoms with van der Waals surface area (Å²) >= 11 is 0. The molecule has 1 aromatic carbocycles. The van der Waals surface area contributed by atoms with Gasteiger partial charge in [0.1, 0.15) is 17.8 Å². The lowest BCUT2D eigenvalue weighted by atomic mass is 10.1. The molecule has 3 N–H and O–H groups in total. The maximum atomic E-state index is 13.3. The van der Waals surface area contributed by atoms with Crippen LogP contribution in [-0.4, -0.2) is 11.1 Å². The monoisotopic (exact) mass is 235 g/mol. The van der Waals surface area contributed by atoms with Crippen LogP contribution in [0, 0.1) is 5.82 Å². The Morgan fingerprint density at radius 1 is 1.47 bits per heavy atom. The predicted octanol–water partition coefficient (Wildman–Crippen LogP) is 1.33. The van der Waals surface area contributed by atoms with Gasteiger partial charge < -0.3 is 15.6 Å². The summed E-state index contributed by atoms with van der Waals surface area (Å²) in [5.74, 6) is -1.16. The lowest BCUT2D eigenvalue weighted by Gasteiger charge is -2.05. The van der Waals surface area contributed by atoms with E-state index in [1.807, 2.05) is 0 Å². The van der Waals surface area contributed by atoms with Gasteiger partial charge in [-0.2, -0.15) is 0 Å². The third kappa shape index (κ3) is 2.60. The Balaban J connectivity index is 2.07. The second-order valence-corrected chi connectivity index (χ2v) is 3.41. The summed E-state index contributed by atoms with van der Waals surface area (Å²) in [6, 6.07) is 5.44. The highest BCUT2D eigenvalue weighted by Crippen LogP contribution is 2.11. The summed E-state index contributed by atoms with van der Waals surface area (Å²) in [4.78, 5) is 11.6. The van der Waals surface area contributed by atoms with Crippen molar-refractivity contribution in [1.82, 2.24) is 10.5 Å². The molecule has 5 nitrogen and oxygen atoms in total. The van der Waals surface area contributed by atoms with Gasteiger partial charge in [0.05, 0.1) is 12.1 Å². The van der Waals surface area contributed by atoms with E-state index in [1.54, 1.807) is 6.07 Å². The molecule has 0 aliphatic carbocycles. The summed E-state index contributed by atoms with van der Waals surface area (Å²) in [6.07, 6.45) is 1.39. The largest absolute Gasteiger partial charge is 0.399 e. The van der Waals surface area contributed by atoms with E-state index in [2.05, 4.69) is 15.0 Å². The van der Waals surface area contributed by atoms with Crippen molar-refractivity contribution in [2.45, 2.75) is 6.54 Å². The van der Waals surface area contributed by atoms with Crippen LogP contribution in [0.4, 0.5) is 10.1 Å². The zero-order valence-corrected chi connectivity index (χ0v) is 8.81. The number of anilines is 1. The number of amides is 1. The van der Waals surface area contributed by atoms with Gasteiger partial charge in [-0.15, -0.1) is 0 Å². The van der Waals surface area contributed by atoms with Crippen molar-refractivity contribution in [2.75, 3.05) is 5.73 Å². The molecule has 0 aliphatic heterocycles. The van der Waals surface area contributed by atoms with Crippen molar-refractivity contribution in [3.8, 4) is 0 Å². The minimum Gasteiger partial charge on any atom is -0.399 e. The molecule has 0 aliphatic rings. The van der Waals surface area contributed by atoms with Gasteiger partial charge >= 0.3 is 0 Å². The minimum atomic E-state index is -0.614. The van der Waals surface area contributed by atoms with Crippen molar-refractivity contribution in [3.63, 3.8) is 0 Å². The fourth-order valence-corrected chi connectivity index (χ4v) is 1.31. The van der Waals surface area contributed by atoms with Crippen LogP contribution in [0.1, 0.15) is 16.1 Å². The first-order valence-corrected chi connectivity index (χ1v) is 4.89. The number of hydrogen-bond donors (Lipinski definition) is 2. The van der Waals surface area contributed by atoms with E-state index in [0.717, 1.165) is 6.07 Å². The third-order valence-corrected chi connectivity index (χ3v) is 2.16. The summed E-state index contributed by atoms with van der Waals surface area (Å²) in [6.45, 7) is 0.170. The molecular formula is C11H10FN3O2. The summed E-state index contributed by atoms with van der Waals surface area (Å²) in [7, 11) is 0. The maximum absolute atomic E-state index is 13.3. The third-order valence-electron chi connectivity index (χ3n) is 2.16. The molecule has 88 valence electrons. The molecule has 0 saturated carbocycles. The van der Waals surface area contributed by atoms with Crippen LogP contribution >= 0.6 is 0 Å². The molecule has 0 radical (unpaired) electrons. The normalized spacial score (nSPS) is 10.2. The lowest BCUT2D eigenvalue weighted by Crippen LogP contribution is -2.24. The van der Waals surface area contributed by atoms with Crippen LogP contribution < -0.4 is 11.1 Å². The van der Waals surface area contributed by atoms with Crippen molar-refractivity contribution < 1.29 is 13.7 Å². The van der Waals surface area contributed by atoms with Crippen LogP contribution in [-0.2, 0) is 6.54 Å². The minimum absolute atomic E-state index is 0.0894. The molecule has 1 heterocycles. The molecule has 6 heteroatoms. The van der Waals surface area contributed by atoms with Crippen molar-refractivity contribution in [1.29, 1.82) is 0 Å².